The van der Waals surface area contributed by atoms with E-state index in [2.05, 4.69) is 21.2 Å². The van der Waals surface area contributed by atoms with Crippen LogP contribution in [0, 0.1) is 30.9 Å². The summed E-state index contributed by atoms with van der Waals surface area (Å²) >= 11 is 5.77. The van der Waals surface area contributed by atoms with Crippen LogP contribution in [0.15, 0.2) is 53.6 Å². The van der Waals surface area contributed by atoms with E-state index in [9.17, 15) is 14.9 Å². The number of hydrogen-bond donors (Lipinski definition) is 1. The highest BCUT2D eigenvalue weighted by atomic mass is 35.5. The number of carbonyl (C=O) groups is 1. The first-order valence-electron chi connectivity index (χ1n) is 8.81. The number of nitrogens with one attached hydrogen (secondary N) is 1. The topological polar surface area (TPSA) is 89.5 Å². The highest BCUT2D eigenvalue weighted by Crippen LogP contribution is 2.25. The van der Waals surface area contributed by atoms with E-state index in [0.717, 1.165) is 34.3 Å². The average Bonchev–Trinajstić information content (AvgIpc) is 2.95. The first-order chi connectivity index (χ1) is 13.8. The van der Waals surface area contributed by atoms with Gasteiger partial charge in [-0.15, -0.1) is 0 Å². The molecule has 0 bridgehead atoms. The number of nitrogens with zero attached hydrogens (tertiary/aromatic N) is 3. The number of aromatic nitrogens is 1. The molecule has 7 nitrogen and oxygen atoms in total. The summed E-state index contributed by atoms with van der Waals surface area (Å²) in [5.74, 6) is -0.562. The molecule has 0 saturated carbocycles. The summed E-state index contributed by atoms with van der Waals surface area (Å²) in [6.07, 6.45) is 1.55. The van der Waals surface area contributed by atoms with Gasteiger partial charge in [-0.25, -0.2) is 5.43 Å². The molecule has 8 heteroatoms. The van der Waals surface area contributed by atoms with E-state index in [0.29, 0.717) is 0 Å². The van der Waals surface area contributed by atoms with Crippen molar-refractivity contribution >= 4 is 29.4 Å². The van der Waals surface area contributed by atoms with Gasteiger partial charge in [0.1, 0.15) is 5.02 Å². The molecule has 0 aliphatic carbocycles. The molecule has 0 fully saturated rings. The molecule has 29 heavy (non-hydrogen) atoms. The van der Waals surface area contributed by atoms with Crippen LogP contribution in [0.5, 0.6) is 0 Å². The van der Waals surface area contributed by atoms with Crippen LogP contribution < -0.4 is 5.43 Å². The lowest BCUT2D eigenvalue weighted by atomic mass is 10.2. The fraction of sp³-hybridized carbons (Fsp3) is 0.143. The summed E-state index contributed by atoms with van der Waals surface area (Å²) < 4.78 is 2.11. The zero-order chi connectivity index (χ0) is 21.1. The molecule has 1 heterocycles. The zero-order valence-electron chi connectivity index (χ0n) is 16.1. The standard InChI is InChI=1S/C21H19ClN4O3/c1-13-5-4-6-18(9-13)25-14(2)10-17(15(25)3)12-23-24-21(27)16-7-8-19(22)20(11-16)26(28)29/h4-12H,1-3H3,(H,24,27)/b23-12-. The maximum absolute atomic E-state index is 12.2. The van der Waals surface area contributed by atoms with Crippen LogP contribution in [0.25, 0.3) is 5.69 Å². The van der Waals surface area contributed by atoms with E-state index in [-0.39, 0.29) is 16.3 Å². The second kappa shape index (κ2) is 8.28. The third-order valence-electron chi connectivity index (χ3n) is 4.50. The molecule has 0 spiro atoms. The van der Waals surface area contributed by atoms with Crippen molar-refractivity contribution in [1.29, 1.82) is 0 Å². The molecular formula is C21H19ClN4O3. The van der Waals surface area contributed by atoms with Gasteiger partial charge in [0, 0.05) is 34.3 Å². The lowest BCUT2D eigenvalue weighted by molar-refractivity contribution is -0.384. The number of carbonyl (C=O) groups excluding carboxylic acids is 1. The van der Waals surface area contributed by atoms with Crippen molar-refractivity contribution in [3.8, 4) is 5.69 Å². The molecule has 148 valence electrons. The Hall–Kier alpha value is -3.45. The summed E-state index contributed by atoms with van der Waals surface area (Å²) in [6, 6.07) is 14.0. The van der Waals surface area contributed by atoms with Crippen molar-refractivity contribution in [3.63, 3.8) is 0 Å². The number of hydrogen-bond acceptors (Lipinski definition) is 4. The second-order valence-electron chi connectivity index (χ2n) is 6.62. The largest absolute Gasteiger partial charge is 0.318 e. The third kappa shape index (κ3) is 4.35. The number of rotatable bonds is 5. The van der Waals surface area contributed by atoms with E-state index >= 15 is 0 Å². The highest BCUT2D eigenvalue weighted by Gasteiger charge is 2.16. The van der Waals surface area contributed by atoms with Gasteiger partial charge in [-0.3, -0.25) is 14.9 Å². The van der Waals surface area contributed by atoms with E-state index in [4.69, 9.17) is 11.6 Å². The fourth-order valence-electron chi connectivity index (χ4n) is 3.10. The van der Waals surface area contributed by atoms with Gasteiger partial charge in [-0.05, 0) is 56.7 Å². The molecule has 3 rings (SSSR count). The molecule has 0 radical (unpaired) electrons. The summed E-state index contributed by atoms with van der Waals surface area (Å²) in [5.41, 5.74) is 7.25. The van der Waals surface area contributed by atoms with Crippen LogP contribution in [0.1, 0.15) is 32.9 Å². The van der Waals surface area contributed by atoms with Crippen molar-refractivity contribution in [2.75, 3.05) is 0 Å². The lowest BCUT2D eigenvalue weighted by Crippen LogP contribution is -2.17. The zero-order valence-corrected chi connectivity index (χ0v) is 16.9. The predicted molar refractivity (Wildman–Crippen MR) is 113 cm³/mol. The summed E-state index contributed by atoms with van der Waals surface area (Å²) in [7, 11) is 0. The number of nitro benzene ring substituents is 1. The molecule has 1 amide bonds. The number of nitro groups is 1. The molecule has 2 aromatic carbocycles. The molecule has 0 aliphatic rings. The number of hydrazone groups is 1. The van der Waals surface area contributed by atoms with E-state index in [1.165, 1.54) is 12.1 Å². The van der Waals surface area contributed by atoms with Gasteiger partial charge >= 0.3 is 0 Å². The second-order valence-corrected chi connectivity index (χ2v) is 7.03. The predicted octanol–water partition coefficient (Wildman–Crippen LogP) is 4.73. The molecule has 0 unspecified atom stereocenters. The van der Waals surface area contributed by atoms with Crippen LogP contribution in [-0.4, -0.2) is 21.6 Å². The number of amides is 1. The molecule has 0 aliphatic heterocycles. The normalized spacial score (nSPS) is 11.0. The van der Waals surface area contributed by atoms with Crippen LogP contribution in [0.4, 0.5) is 5.69 Å². The van der Waals surface area contributed by atoms with Gasteiger partial charge in [0.05, 0.1) is 11.1 Å². The Kier molecular flexibility index (Phi) is 5.79. The van der Waals surface area contributed by atoms with E-state index < -0.39 is 10.8 Å². The van der Waals surface area contributed by atoms with Gasteiger partial charge in [-0.2, -0.15) is 5.10 Å². The SMILES string of the molecule is Cc1cccc(-n2c(C)cc(/C=N\NC(=O)c3ccc(Cl)c([N+](=O)[O-])c3)c2C)c1. The highest BCUT2D eigenvalue weighted by molar-refractivity contribution is 6.32. The Balaban J connectivity index is 1.79. The van der Waals surface area contributed by atoms with Gasteiger partial charge < -0.3 is 4.57 Å². The van der Waals surface area contributed by atoms with Gasteiger partial charge in [-0.1, -0.05) is 23.7 Å². The van der Waals surface area contributed by atoms with Gasteiger partial charge in [0.25, 0.3) is 11.6 Å². The maximum Gasteiger partial charge on any atom is 0.288 e. The van der Waals surface area contributed by atoms with Crippen LogP contribution >= 0.6 is 11.6 Å². The Morgan fingerprint density at radius 1 is 1.17 bits per heavy atom. The quantitative estimate of drug-likeness (QED) is 0.374. The van der Waals surface area contributed by atoms with Gasteiger partial charge in [0.15, 0.2) is 0 Å². The minimum Gasteiger partial charge on any atom is -0.318 e. The summed E-state index contributed by atoms with van der Waals surface area (Å²) in [5, 5.41) is 14.9. The van der Waals surface area contributed by atoms with Crippen molar-refractivity contribution in [1.82, 2.24) is 9.99 Å². The molecule has 0 atom stereocenters. The van der Waals surface area contributed by atoms with Crippen LogP contribution in [0.2, 0.25) is 5.02 Å². The summed E-state index contributed by atoms with van der Waals surface area (Å²) in [4.78, 5) is 22.6. The maximum atomic E-state index is 12.2. The lowest BCUT2D eigenvalue weighted by Gasteiger charge is -2.10. The van der Waals surface area contributed by atoms with Crippen molar-refractivity contribution in [3.05, 3.63) is 91.7 Å². The number of benzene rings is 2. The summed E-state index contributed by atoms with van der Waals surface area (Å²) in [6.45, 7) is 6.01. The molecule has 3 aromatic rings. The Bertz CT molecular complexity index is 1130. The van der Waals surface area contributed by atoms with E-state index in [1.807, 2.05) is 45.0 Å². The van der Waals surface area contributed by atoms with Crippen molar-refractivity contribution in [2.24, 2.45) is 5.10 Å². The first-order valence-corrected chi connectivity index (χ1v) is 9.19. The van der Waals surface area contributed by atoms with E-state index in [1.54, 1.807) is 6.21 Å². The van der Waals surface area contributed by atoms with Gasteiger partial charge in [0.2, 0.25) is 0 Å². The molecule has 1 N–H and O–H groups in total. The first kappa shape index (κ1) is 20.3. The van der Waals surface area contributed by atoms with Crippen molar-refractivity contribution in [2.45, 2.75) is 20.8 Å². The monoisotopic (exact) mass is 410 g/mol. The Morgan fingerprint density at radius 2 is 1.93 bits per heavy atom. The molecule has 0 saturated heterocycles. The number of halogens is 1. The fourth-order valence-corrected chi connectivity index (χ4v) is 3.29. The molecule has 1 aromatic heterocycles. The Morgan fingerprint density at radius 3 is 2.62 bits per heavy atom. The average molecular weight is 411 g/mol. The third-order valence-corrected chi connectivity index (χ3v) is 4.82. The van der Waals surface area contributed by atoms with Crippen LogP contribution in [-0.2, 0) is 0 Å². The minimum atomic E-state index is -0.636. The molecular weight excluding hydrogens is 392 g/mol. The number of aryl methyl sites for hydroxylation is 2. The smallest absolute Gasteiger partial charge is 0.288 e. The Labute approximate surface area is 172 Å². The van der Waals surface area contributed by atoms with Crippen molar-refractivity contribution < 1.29 is 9.72 Å². The van der Waals surface area contributed by atoms with Crippen LogP contribution in [0.3, 0.4) is 0 Å². The minimum absolute atomic E-state index is 0.0290.